The van der Waals surface area contributed by atoms with Crippen LogP contribution in [0.15, 0.2) is 22.7 Å². The zero-order chi connectivity index (χ0) is 14.1. The number of ether oxygens (including phenoxy) is 3. The van der Waals surface area contributed by atoms with Crippen LogP contribution in [0.2, 0.25) is 0 Å². The van der Waals surface area contributed by atoms with Crippen LogP contribution in [0.1, 0.15) is 16.8 Å². The molecule has 0 saturated heterocycles. The summed E-state index contributed by atoms with van der Waals surface area (Å²) in [6, 6.07) is 5.02. The van der Waals surface area contributed by atoms with Gasteiger partial charge in [-0.1, -0.05) is 6.07 Å². The van der Waals surface area contributed by atoms with Crippen LogP contribution in [0.4, 0.5) is 0 Å². The number of methoxy groups -OCH3 is 1. The fourth-order valence-electron chi connectivity index (χ4n) is 1.45. The van der Waals surface area contributed by atoms with Crippen molar-refractivity contribution < 1.29 is 24.1 Å². The third kappa shape index (κ3) is 5.59. The Morgan fingerprint density at radius 1 is 1.26 bits per heavy atom. The van der Waals surface area contributed by atoms with Crippen molar-refractivity contribution in [2.75, 3.05) is 33.5 Å². The topological polar surface area (TPSA) is 65.0 Å². The summed E-state index contributed by atoms with van der Waals surface area (Å²) in [5.41, 5.74) is 0.127. The van der Waals surface area contributed by atoms with Crippen LogP contribution >= 0.6 is 15.9 Å². The Balaban J connectivity index is 2.37. The van der Waals surface area contributed by atoms with E-state index >= 15 is 0 Å². The predicted octanol–water partition coefficient (Wildman–Crippen LogP) is 2.58. The second kappa shape index (κ2) is 8.90. The van der Waals surface area contributed by atoms with Gasteiger partial charge in [0.1, 0.15) is 17.9 Å². The Bertz CT molecular complexity index is 408. The lowest BCUT2D eigenvalue weighted by atomic mass is 10.2. The molecule has 0 aliphatic carbocycles. The number of halogens is 1. The second-order valence-electron chi connectivity index (χ2n) is 3.73. The molecule has 1 rings (SSSR count). The first-order chi connectivity index (χ1) is 9.16. The predicted molar refractivity (Wildman–Crippen MR) is 73.9 cm³/mol. The number of hydrogen-bond donors (Lipinski definition) is 1. The van der Waals surface area contributed by atoms with E-state index in [1.807, 2.05) is 0 Å². The highest BCUT2D eigenvalue weighted by Crippen LogP contribution is 2.26. The molecule has 0 heterocycles. The van der Waals surface area contributed by atoms with E-state index in [4.69, 9.17) is 19.3 Å². The first kappa shape index (κ1) is 15.9. The molecule has 0 aromatic heterocycles. The number of benzene rings is 1. The molecule has 0 aliphatic rings. The minimum Gasteiger partial charge on any atom is -0.490 e. The fraction of sp³-hybridized carbons (Fsp3) is 0.462. The molecule has 0 radical (unpaired) electrons. The Morgan fingerprint density at radius 2 is 2.05 bits per heavy atom. The summed E-state index contributed by atoms with van der Waals surface area (Å²) in [5, 5.41) is 9.09. The first-order valence-electron chi connectivity index (χ1n) is 5.88. The quantitative estimate of drug-likeness (QED) is 0.704. The molecule has 0 aliphatic heterocycles. The summed E-state index contributed by atoms with van der Waals surface area (Å²) in [4.78, 5) is 11.1. The van der Waals surface area contributed by atoms with Crippen molar-refractivity contribution in [1.29, 1.82) is 0 Å². The monoisotopic (exact) mass is 332 g/mol. The van der Waals surface area contributed by atoms with Crippen molar-refractivity contribution in [2.24, 2.45) is 0 Å². The molecule has 0 unspecified atom stereocenters. The normalized spacial score (nSPS) is 10.4. The zero-order valence-corrected chi connectivity index (χ0v) is 12.3. The molecule has 0 fully saturated rings. The Hall–Kier alpha value is -1.11. The standard InChI is InChI=1S/C13H17BrO5/c1-17-6-3-7-18-8-9-19-11-5-2-4-10(14)12(11)13(15)16/h2,4-5H,3,6-9H2,1H3,(H,15,16). The van der Waals surface area contributed by atoms with Crippen LogP contribution in [0.5, 0.6) is 5.75 Å². The molecular formula is C13H17BrO5. The third-order valence-corrected chi connectivity index (χ3v) is 2.97. The molecule has 106 valence electrons. The van der Waals surface area contributed by atoms with E-state index in [0.29, 0.717) is 36.6 Å². The summed E-state index contributed by atoms with van der Waals surface area (Å²) in [6.45, 7) is 1.98. The minimum absolute atomic E-state index is 0.127. The molecule has 0 atom stereocenters. The van der Waals surface area contributed by atoms with E-state index < -0.39 is 5.97 Å². The number of carbonyl (C=O) groups is 1. The molecule has 0 amide bonds. The highest BCUT2D eigenvalue weighted by Gasteiger charge is 2.14. The van der Waals surface area contributed by atoms with Gasteiger partial charge in [-0.05, 0) is 34.5 Å². The van der Waals surface area contributed by atoms with Crippen molar-refractivity contribution in [3.63, 3.8) is 0 Å². The number of hydrogen-bond acceptors (Lipinski definition) is 4. The van der Waals surface area contributed by atoms with Gasteiger partial charge in [-0.2, -0.15) is 0 Å². The van der Waals surface area contributed by atoms with Crippen LogP contribution in [0, 0.1) is 0 Å². The van der Waals surface area contributed by atoms with E-state index in [1.54, 1.807) is 25.3 Å². The molecule has 6 heteroatoms. The summed E-state index contributed by atoms with van der Waals surface area (Å²) < 4.78 is 16.1. The van der Waals surface area contributed by atoms with Crippen LogP contribution in [0.25, 0.3) is 0 Å². The van der Waals surface area contributed by atoms with E-state index in [1.165, 1.54) is 0 Å². The average molecular weight is 333 g/mol. The maximum Gasteiger partial charge on any atom is 0.340 e. The van der Waals surface area contributed by atoms with Crippen LogP contribution in [-0.4, -0.2) is 44.6 Å². The van der Waals surface area contributed by atoms with E-state index in [0.717, 1.165) is 6.42 Å². The van der Waals surface area contributed by atoms with Crippen LogP contribution in [0.3, 0.4) is 0 Å². The lowest BCUT2D eigenvalue weighted by molar-refractivity contribution is 0.0676. The second-order valence-corrected chi connectivity index (χ2v) is 4.58. The lowest BCUT2D eigenvalue weighted by Gasteiger charge is -2.10. The van der Waals surface area contributed by atoms with Gasteiger partial charge < -0.3 is 19.3 Å². The smallest absolute Gasteiger partial charge is 0.340 e. The average Bonchev–Trinajstić information content (AvgIpc) is 2.37. The van der Waals surface area contributed by atoms with Gasteiger partial charge in [0.25, 0.3) is 0 Å². The van der Waals surface area contributed by atoms with Crippen molar-refractivity contribution in [3.05, 3.63) is 28.2 Å². The minimum atomic E-state index is -1.02. The summed E-state index contributed by atoms with van der Waals surface area (Å²) >= 11 is 3.19. The maximum absolute atomic E-state index is 11.1. The van der Waals surface area contributed by atoms with Gasteiger partial charge in [-0.15, -0.1) is 0 Å². The van der Waals surface area contributed by atoms with E-state index in [9.17, 15) is 4.79 Å². The van der Waals surface area contributed by atoms with Crippen LogP contribution in [-0.2, 0) is 9.47 Å². The maximum atomic E-state index is 11.1. The zero-order valence-electron chi connectivity index (χ0n) is 10.7. The molecule has 5 nitrogen and oxygen atoms in total. The molecular weight excluding hydrogens is 316 g/mol. The molecule has 1 aromatic rings. The summed E-state index contributed by atoms with van der Waals surface area (Å²) in [7, 11) is 1.64. The molecule has 1 aromatic carbocycles. The van der Waals surface area contributed by atoms with Crippen molar-refractivity contribution >= 4 is 21.9 Å². The number of carboxylic acid groups (broad SMARTS) is 1. The van der Waals surface area contributed by atoms with E-state index in [2.05, 4.69) is 15.9 Å². The van der Waals surface area contributed by atoms with Crippen molar-refractivity contribution in [3.8, 4) is 5.75 Å². The van der Waals surface area contributed by atoms with Gasteiger partial charge in [0.2, 0.25) is 0 Å². The Morgan fingerprint density at radius 3 is 2.74 bits per heavy atom. The Labute approximate surface area is 120 Å². The molecule has 19 heavy (non-hydrogen) atoms. The van der Waals surface area contributed by atoms with Gasteiger partial charge in [0, 0.05) is 24.8 Å². The highest BCUT2D eigenvalue weighted by molar-refractivity contribution is 9.10. The van der Waals surface area contributed by atoms with Gasteiger partial charge >= 0.3 is 5.97 Å². The van der Waals surface area contributed by atoms with Gasteiger partial charge in [0.15, 0.2) is 0 Å². The Kier molecular flexibility index (Phi) is 7.47. The number of rotatable bonds is 9. The molecule has 0 saturated carbocycles. The number of aromatic carboxylic acids is 1. The van der Waals surface area contributed by atoms with Gasteiger partial charge in [0.05, 0.1) is 6.61 Å². The SMILES string of the molecule is COCCCOCCOc1cccc(Br)c1C(=O)O. The largest absolute Gasteiger partial charge is 0.490 e. The molecule has 1 N–H and O–H groups in total. The van der Waals surface area contributed by atoms with E-state index in [-0.39, 0.29) is 5.56 Å². The summed E-state index contributed by atoms with van der Waals surface area (Å²) in [6.07, 6.45) is 0.827. The van der Waals surface area contributed by atoms with Gasteiger partial charge in [-0.3, -0.25) is 0 Å². The van der Waals surface area contributed by atoms with Crippen molar-refractivity contribution in [2.45, 2.75) is 6.42 Å². The first-order valence-corrected chi connectivity index (χ1v) is 6.67. The van der Waals surface area contributed by atoms with Crippen molar-refractivity contribution in [1.82, 2.24) is 0 Å². The highest BCUT2D eigenvalue weighted by atomic mass is 79.9. The molecule has 0 bridgehead atoms. The third-order valence-electron chi connectivity index (χ3n) is 2.31. The fourth-order valence-corrected chi connectivity index (χ4v) is 1.97. The van der Waals surface area contributed by atoms with Gasteiger partial charge in [-0.25, -0.2) is 4.79 Å². The number of carboxylic acids is 1. The molecule has 0 spiro atoms. The summed E-state index contributed by atoms with van der Waals surface area (Å²) in [5.74, 6) is -0.689. The lowest BCUT2D eigenvalue weighted by Crippen LogP contribution is -2.11. The van der Waals surface area contributed by atoms with Crippen LogP contribution < -0.4 is 4.74 Å².